The standard InChI is InChI=1S/C21H18ClN3O/c1-14-6-7-17(11-19(14)22)24-18-10-16(12-23-13-18)21(26)25-9-8-15-4-2-3-5-20(15)25/h2-7,10-13,24H,8-9H2,1H3. The van der Waals surface area contributed by atoms with E-state index >= 15 is 0 Å². The Morgan fingerprint density at radius 1 is 1.12 bits per heavy atom. The molecule has 2 heterocycles. The van der Waals surface area contributed by atoms with E-state index in [1.165, 1.54) is 5.56 Å². The Morgan fingerprint density at radius 2 is 1.96 bits per heavy atom. The molecule has 3 aromatic rings. The van der Waals surface area contributed by atoms with E-state index in [4.69, 9.17) is 11.6 Å². The minimum absolute atomic E-state index is 0.0342. The number of benzene rings is 2. The number of hydrogen-bond donors (Lipinski definition) is 1. The predicted octanol–water partition coefficient (Wildman–Crippen LogP) is 4.99. The van der Waals surface area contributed by atoms with Gasteiger partial charge in [0, 0.05) is 29.1 Å². The van der Waals surface area contributed by atoms with E-state index in [-0.39, 0.29) is 5.91 Å². The summed E-state index contributed by atoms with van der Waals surface area (Å²) in [6.45, 7) is 2.66. The van der Waals surface area contributed by atoms with Crippen LogP contribution >= 0.6 is 11.6 Å². The van der Waals surface area contributed by atoms with Gasteiger partial charge in [-0.15, -0.1) is 0 Å². The fraction of sp³-hybridized carbons (Fsp3) is 0.143. The third-order valence-electron chi connectivity index (χ3n) is 4.58. The molecule has 0 saturated heterocycles. The Kier molecular flexibility index (Phi) is 4.35. The molecule has 0 radical (unpaired) electrons. The van der Waals surface area contributed by atoms with Crippen molar-refractivity contribution in [2.45, 2.75) is 13.3 Å². The van der Waals surface area contributed by atoms with E-state index in [0.717, 1.165) is 29.0 Å². The van der Waals surface area contributed by atoms with Crippen LogP contribution in [0.2, 0.25) is 5.02 Å². The van der Waals surface area contributed by atoms with Gasteiger partial charge >= 0.3 is 0 Å². The van der Waals surface area contributed by atoms with Crippen molar-refractivity contribution in [3.05, 3.63) is 82.6 Å². The average molecular weight is 364 g/mol. The summed E-state index contributed by atoms with van der Waals surface area (Å²) in [7, 11) is 0. The van der Waals surface area contributed by atoms with Crippen LogP contribution in [0.5, 0.6) is 0 Å². The third kappa shape index (κ3) is 3.16. The summed E-state index contributed by atoms with van der Waals surface area (Å²) in [6, 6.07) is 15.6. The van der Waals surface area contributed by atoms with Crippen LogP contribution in [0.1, 0.15) is 21.5 Å². The summed E-state index contributed by atoms with van der Waals surface area (Å²) in [4.78, 5) is 19.0. The van der Waals surface area contributed by atoms with Crippen molar-refractivity contribution < 1.29 is 4.79 Å². The monoisotopic (exact) mass is 363 g/mol. The molecule has 2 aromatic carbocycles. The second kappa shape index (κ2) is 6.81. The van der Waals surface area contributed by atoms with Crippen molar-refractivity contribution in [2.75, 3.05) is 16.8 Å². The minimum Gasteiger partial charge on any atom is -0.354 e. The van der Waals surface area contributed by atoms with Crippen LogP contribution in [-0.4, -0.2) is 17.4 Å². The number of nitrogens with zero attached hydrogens (tertiary/aromatic N) is 2. The van der Waals surface area contributed by atoms with Crippen LogP contribution in [0.25, 0.3) is 0 Å². The molecule has 0 fully saturated rings. The van der Waals surface area contributed by atoms with Gasteiger partial charge in [-0.2, -0.15) is 0 Å². The van der Waals surface area contributed by atoms with Gasteiger partial charge in [0.05, 0.1) is 17.4 Å². The van der Waals surface area contributed by atoms with Crippen LogP contribution in [0.15, 0.2) is 60.9 Å². The zero-order valence-corrected chi connectivity index (χ0v) is 15.1. The number of hydrogen-bond acceptors (Lipinski definition) is 3. The molecule has 0 unspecified atom stereocenters. The maximum absolute atomic E-state index is 13.0. The first kappa shape index (κ1) is 16.6. The van der Waals surface area contributed by atoms with Gasteiger partial charge in [-0.3, -0.25) is 9.78 Å². The molecule has 1 amide bonds. The average Bonchev–Trinajstić information content (AvgIpc) is 3.08. The molecule has 0 saturated carbocycles. The van der Waals surface area contributed by atoms with Crippen LogP contribution in [-0.2, 0) is 6.42 Å². The predicted molar refractivity (Wildman–Crippen MR) is 106 cm³/mol. The molecule has 0 spiro atoms. The third-order valence-corrected chi connectivity index (χ3v) is 4.99. The maximum Gasteiger partial charge on any atom is 0.259 e. The zero-order chi connectivity index (χ0) is 18.1. The summed E-state index contributed by atoms with van der Waals surface area (Å²) >= 11 is 6.18. The summed E-state index contributed by atoms with van der Waals surface area (Å²) in [6.07, 6.45) is 4.19. The highest BCUT2D eigenvalue weighted by molar-refractivity contribution is 6.31. The summed E-state index contributed by atoms with van der Waals surface area (Å²) in [5, 5.41) is 3.96. The van der Waals surface area contributed by atoms with E-state index in [9.17, 15) is 4.79 Å². The van der Waals surface area contributed by atoms with Crippen molar-refractivity contribution in [1.82, 2.24) is 4.98 Å². The first-order valence-electron chi connectivity index (χ1n) is 8.50. The number of nitrogens with one attached hydrogen (secondary N) is 1. The normalized spacial score (nSPS) is 12.8. The second-order valence-electron chi connectivity index (χ2n) is 6.39. The molecule has 4 rings (SSSR count). The molecule has 1 N–H and O–H groups in total. The maximum atomic E-state index is 13.0. The van der Waals surface area contributed by atoms with E-state index < -0.39 is 0 Å². The number of fused-ring (bicyclic) bond motifs is 1. The molecule has 26 heavy (non-hydrogen) atoms. The Balaban J connectivity index is 1.58. The molecule has 0 aliphatic carbocycles. The summed E-state index contributed by atoms with van der Waals surface area (Å²) in [5.41, 5.74) is 5.39. The molecule has 1 aliphatic heterocycles. The van der Waals surface area contributed by atoms with Gasteiger partial charge in [0.2, 0.25) is 0 Å². The lowest BCUT2D eigenvalue weighted by atomic mass is 10.1. The summed E-state index contributed by atoms with van der Waals surface area (Å²) in [5.74, 6) is -0.0342. The van der Waals surface area contributed by atoms with Crippen LogP contribution in [0.4, 0.5) is 17.1 Å². The number of aryl methyl sites for hydroxylation is 1. The van der Waals surface area contributed by atoms with Crippen molar-refractivity contribution >= 4 is 34.6 Å². The van der Waals surface area contributed by atoms with E-state index in [1.54, 1.807) is 12.4 Å². The largest absolute Gasteiger partial charge is 0.354 e. The highest BCUT2D eigenvalue weighted by atomic mass is 35.5. The highest BCUT2D eigenvalue weighted by Crippen LogP contribution is 2.29. The van der Waals surface area contributed by atoms with Gasteiger partial charge < -0.3 is 10.2 Å². The van der Waals surface area contributed by atoms with E-state index in [1.807, 2.05) is 54.3 Å². The lowest BCUT2D eigenvalue weighted by Crippen LogP contribution is -2.29. The van der Waals surface area contributed by atoms with Gasteiger partial charge in [0.25, 0.3) is 5.91 Å². The molecule has 0 bridgehead atoms. The number of pyridine rings is 1. The highest BCUT2D eigenvalue weighted by Gasteiger charge is 2.25. The van der Waals surface area contributed by atoms with Crippen molar-refractivity contribution in [3.63, 3.8) is 0 Å². The van der Waals surface area contributed by atoms with Crippen molar-refractivity contribution in [2.24, 2.45) is 0 Å². The Hall–Kier alpha value is -2.85. The van der Waals surface area contributed by atoms with Gasteiger partial charge in [0.15, 0.2) is 0 Å². The zero-order valence-electron chi connectivity index (χ0n) is 14.4. The number of carbonyl (C=O) groups is 1. The fourth-order valence-electron chi connectivity index (χ4n) is 3.17. The molecule has 5 heteroatoms. The van der Waals surface area contributed by atoms with E-state index in [0.29, 0.717) is 17.1 Å². The van der Waals surface area contributed by atoms with E-state index in [2.05, 4.69) is 16.4 Å². The number of anilines is 3. The van der Waals surface area contributed by atoms with Crippen LogP contribution < -0.4 is 10.2 Å². The van der Waals surface area contributed by atoms with Crippen molar-refractivity contribution in [3.8, 4) is 0 Å². The van der Waals surface area contributed by atoms with Crippen LogP contribution in [0.3, 0.4) is 0 Å². The van der Waals surface area contributed by atoms with Gasteiger partial charge in [-0.05, 0) is 48.7 Å². The number of rotatable bonds is 3. The number of halogens is 1. The first-order valence-corrected chi connectivity index (χ1v) is 8.87. The SMILES string of the molecule is Cc1ccc(Nc2cncc(C(=O)N3CCc4ccccc43)c2)cc1Cl. The number of para-hydroxylation sites is 1. The Labute approximate surface area is 157 Å². The molecular formula is C21H18ClN3O. The van der Waals surface area contributed by atoms with Gasteiger partial charge in [-0.1, -0.05) is 35.9 Å². The number of amides is 1. The lowest BCUT2D eigenvalue weighted by Gasteiger charge is -2.17. The molecule has 4 nitrogen and oxygen atoms in total. The summed E-state index contributed by atoms with van der Waals surface area (Å²) < 4.78 is 0. The molecule has 130 valence electrons. The molecular weight excluding hydrogens is 346 g/mol. The first-order chi connectivity index (χ1) is 12.6. The van der Waals surface area contributed by atoms with Crippen molar-refractivity contribution in [1.29, 1.82) is 0 Å². The number of carbonyl (C=O) groups excluding carboxylic acids is 1. The van der Waals surface area contributed by atoms with Gasteiger partial charge in [0.1, 0.15) is 0 Å². The molecule has 0 atom stereocenters. The lowest BCUT2D eigenvalue weighted by molar-refractivity contribution is 0.0989. The topological polar surface area (TPSA) is 45.2 Å². The Morgan fingerprint density at radius 3 is 2.81 bits per heavy atom. The number of aromatic nitrogens is 1. The smallest absolute Gasteiger partial charge is 0.259 e. The molecule has 1 aliphatic rings. The quantitative estimate of drug-likeness (QED) is 0.713. The second-order valence-corrected chi connectivity index (χ2v) is 6.79. The Bertz CT molecular complexity index is 986. The minimum atomic E-state index is -0.0342. The van der Waals surface area contributed by atoms with Gasteiger partial charge in [-0.25, -0.2) is 0 Å². The fourth-order valence-corrected chi connectivity index (χ4v) is 3.35. The molecule has 1 aromatic heterocycles. The van der Waals surface area contributed by atoms with Crippen LogP contribution in [0, 0.1) is 6.92 Å².